The second kappa shape index (κ2) is 8.46. The van der Waals surface area contributed by atoms with Gasteiger partial charge in [-0.05, 0) is 45.0 Å². The zero-order valence-electron chi connectivity index (χ0n) is 16.6. The Morgan fingerprint density at radius 2 is 1.81 bits per heavy atom. The standard InChI is InChI=1S/C19H18F3N3O5S/c1-18(2,3)24-16(26)8-4-12-10-14(25(27)28)6-7-15(12)31(29,30)17-9-5-13(11-23-17)19(20,21)22/h4-11H,1-3H3,(H,24,26)/b8-4+. The number of halogens is 3. The predicted molar refractivity (Wildman–Crippen MR) is 105 cm³/mol. The van der Waals surface area contributed by atoms with E-state index < -0.39 is 53.6 Å². The smallest absolute Gasteiger partial charge is 0.348 e. The summed E-state index contributed by atoms with van der Waals surface area (Å²) in [5, 5.41) is 13.0. The van der Waals surface area contributed by atoms with Crippen molar-refractivity contribution in [2.75, 3.05) is 0 Å². The van der Waals surface area contributed by atoms with Gasteiger partial charge in [0.05, 0.1) is 15.4 Å². The molecule has 0 unspecified atom stereocenters. The topological polar surface area (TPSA) is 119 Å². The lowest BCUT2D eigenvalue weighted by molar-refractivity contribution is -0.384. The Kier molecular flexibility index (Phi) is 6.54. The van der Waals surface area contributed by atoms with Crippen LogP contribution in [0.3, 0.4) is 0 Å². The van der Waals surface area contributed by atoms with Crippen LogP contribution in [-0.4, -0.2) is 29.8 Å². The quantitative estimate of drug-likeness (QED) is 0.415. The largest absolute Gasteiger partial charge is 0.417 e. The molecule has 0 aliphatic carbocycles. The lowest BCUT2D eigenvalue weighted by atomic mass is 10.1. The van der Waals surface area contributed by atoms with Gasteiger partial charge in [-0.15, -0.1) is 0 Å². The number of nitro groups is 1. The summed E-state index contributed by atoms with van der Waals surface area (Å²) in [5.74, 6) is -0.574. The molecule has 0 saturated heterocycles. The number of pyridine rings is 1. The number of carbonyl (C=O) groups excluding carboxylic acids is 1. The first kappa shape index (κ1) is 24.0. The molecule has 2 aromatic rings. The van der Waals surface area contributed by atoms with Crippen LogP contribution in [0, 0.1) is 10.1 Å². The molecule has 1 aromatic carbocycles. The minimum absolute atomic E-state index is 0.194. The van der Waals surface area contributed by atoms with Gasteiger partial charge in [0.25, 0.3) is 5.69 Å². The fraction of sp³-hybridized carbons (Fsp3) is 0.263. The molecule has 1 amide bonds. The van der Waals surface area contributed by atoms with Crippen LogP contribution >= 0.6 is 0 Å². The average molecular weight is 457 g/mol. The number of nitrogens with zero attached hydrogens (tertiary/aromatic N) is 2. The number of hydrogen-bond acceptors (Lipinski definition) is 6. The first-order valence-electron chi connectivity index (χ1n) is 8.68. The minimum Gasteiger partial charge on any atom is -0.348 e. The number of sulfone groups is 1. The predicted octanol–water partition coefficient (Wildman–Crippen LogP) is 3.77. The summed E-state index contributed by atoms with van der Waals surface area (Å²) < 4.78 is 64.0. The molecule has 12 heteroatoms. The normalized spacial score (nSPS) is 12.7. The molecule has 2 rings (SSSR count). The van der Waals surface area contributed by atoms with E-state index in [9.17, 15) is 36.5 Å². The van der Waals surface area contributed by atoms with E-state index in [1.807, 2.05) is 0 Å². The Labute approximate surface area is 175 Å². The van der Waals surface area contributed by atoms with Gasteiger partial charge in [-0.2, -0.15) is 13.2 Å². The fourth-order valence-electron chi connectivity index (χ4n) is 2.42. The lowest BCUT2D eigenvalue weighted by Gasteiger charge is -2.19. The Balaban J connectivity index is 2.54. The van der Waals surface area contributed by atoms with Gasteiger partial charge < -0.3 is 5.32 Å². The molecule has 0 bridgehead atoms. The number of rotatable bonds is 5. The zero-order chi connectivity index (χ0) is 23.6. The van der Waals surface area contributed by atoms with Crippen molar-refractivity contribution in [2.24, 2.45) is 0 Å². The number of non-ortho nitro benzene ring substituents is 1. The first-order valence-corrected chi connectivity index (χ1v) is 10.2. The first-order chi connectivity index (χ1) is 14.1. The van der Waals surface area contributed by atoms with E-state index in [-0.39, 0.29) is 5.56 Å². The zero-order valence-corrected chi connectivity index (χ0v) is 17.4. The van der Waals surface area contributed by atoms with E-state index in [1.165, 1.54) is 0 Å². The Morgan fingerprint density at radius 3 is 2.29 bits per heavy atom. The molecule has 0 aliphatic heterocycles. The SMILES string of the molecule is CC(C)(C)NC(=O)/C=C/c1cc([N+](=O)[O-])ccc1S(=O)(=O)c1ccc(C(F)(F)F)cn1. The maximum atomic E-state index is 12.9. The Bertz CT molecular complexity index is 1140. The molecule has 1 aromatic heterocycles. The third kappa shape index (κ3) is 6.10. The molecule has 0 atom stereocenters. The third-order valence-electron chi connectivity index (χ3n) is 3.75. The Hall–Kier alpha value is -3.28. The van der Waals surface area contributed by atoms with Gasteiger partial charge in [0.2, 0.25) is 15.7 Å². The van der Waals surface area contributed by atoms with E-state index in [4.69, 9.17) is 0 Å². The van der Waals surface area contributed by atoms with E-state index in [1.54, 1.807) is 20.8 Å². The Morgan fingerprint density at radius 1 is 1.16 bits per heavy atom. The van der Waals surface area contributed by atoms with Gasteiger partial charge in [0.15, 0.2) is 5.03 Å². The molecule has 0 saturated carbocycles. The molecular formula is C19H18F3N3O5S. The van der Waals surface area contributed by atoms with Crippen molar-refractivity contribution in [1.82, 2.24) is 10.3 Å². The van der Waals surface area contributed by atoms with E-state index in [2.05, 4.69) is 10.3 Å². The van der Waals surface area contributed by atoms with Crippen LogP contribution in [0.5, 0.6) is 0 Å². The molecule has 8 nitrogen and oxygen atoms in total. The number of carbonyl (C=O) groups is 1. The molecule has 166 valence electrons. The molecule has 0 spiro atoms. The molecular weight excluding hydrogens is 439 g/mol. The number of benzene rings is 1. The maximum absolute atomic E-state index is 12.9. The van der Waals surface area contributed by atoms with Crippen molar-refractivity contribution in [3.05, 3.63) is 63.8 Å². The van der Waals surface area contributed by atoms with Crippen LogP contribution in [0.2, 0.25) is 0 Å². The summed E-state index contributed by atoms with van der Waals surface area (Å²) >= 11 is 0. The highest BCUT2D eigenvalue weighted by molar-refractivity contribution is 7.91. The van der Waals surface area contributed by atoms with Gasteiger partial charge >= 0.3 is 6.18 Å². The number of amides is 1. The van der Waals surface area contributed by atoms with Crippen molar-refractivity contribution >= 4 is 27.5 Å². The highest BCUT2D eigenvalue weighted by Gasteiger charge is 2.32. The van der Waals surface area contributed by atoms with Gasteiger partial charge in [-0.3, -0.25) is 14.9 Å². The number of aromatic nitrogens is 1. The second-order valence-electron chi connectivity index (χ2n) is 7.44. The van der Waals surface area contributed by atoms with Gasteiger partial charge in [-0.1, -0.05) is 0 Å². The van der Waals surface area contributed by atoms with Crippen LogP contribution in [0.1, 0.15) is 31.9 Å². The molecule has 0 aliphatic rings. The van der Waals surface area contributed by atoms with Crippen LogP contribution < -0.4 is 5.32 Å². The van der Waals surface area contributed by atoms with Gasteiger partial charge in [0, 0.05) is 35.5 Å². The van der Waals surface area contributed by atoms with Gasteiger partial charge in [-0.25, -0.2) is 13.4 Å². The fourth-order valence-corrected chi connectivity index (χ4v) is 3.77. The van der Waals surface area contributed by atoms with E-state index >= 15 is 0 Å². The minimum atomic E-state index is -4.70. The average Bonchev–Trinajstić information content (AvgIpc) is 2.64. The summed E-state index contributed by atoms with van der Waals surface area (Å²) in [6.45, 7) is 5.16. The highest BCUT2D eigenvalue weighted by Crippen LogP contribution is 2.31. The van der Waals surface area contributed by atoms with E-state index in [0.29, 0.717) is 18.3 Å². The summed E-state index contributed by atoms with van der Waals surface area (Å²) in [6.07, 6.45) is -2.24. The number of hydrogen-bond donors (Lipinski definition) is 1. The summed E-state index contributed by atoms with van der Waals surface area (Å²) in [4.78, 5) is 25.3. The summed E-state index contributed by atoms with van der Waals surface area (Å²) in [5.41, 5.74) is -2.34. The third-order valence-corrected chi connectivity index (χ3v) is 5.49. The molecule has 1 heterocycles. The van der Waals surface area contributed by atoms with Crippen LogP contribution in [0.4, 0.5) is 18.9 Å². The number of nitrogens with one attached hydrogen (secondary N) is 1. The molecule has 0 radical (unpaired) electrons. The van der Waals surface area contributed by atoms with Crippen molar-refractivity contribution in [3.63, 3.8) is 0 Å². The number of nitro benzene ring substituents is 1. The highest BCUT2D eigenvalue weighted by atomic mass is 32.2. The van der Waals surface area contributed by atoms with Crippen molar-refractivity contribution in [1.29, 1.82) is 0 Å². The number of alkyl halides is 3. The molecule has 0 fully saturated rings. The van der Waals surface area contributed by atoms with Crippen LogP contribution in [-0.2, 0) is 20.8 Å². The van der Waals surface area contributed by atoms with Gasteiger partial charge in [0.1, 0.15) is 0 Å². The van der Waals surface area contributed by atoms with Crippen molar-refractivity contribution in [3.8, 4) is 0 Å². The maximum Gasteiger partial charge on any atom is 0.417 e. The van der Waals surface area contributed by atoms with Crippen molar-refractivity contribution in [2.45, 2.75) is 42.4 Å². The lowest BCUT2D eigenvalue weighted by Crippen LogP contribution is -2.39. The summed E-state index contributed by atoms with van der Waals surface area (Å²) in [7, 11) is -4.44. The molecule has 31 heavy (non-hydrogen) atoms. The monoisotopic (exact) mass is 457 g/mol. The van der Waals surface area contributed by atoms with Crippen LogP contribution in [0.25, 0.3) is 6.08 Å². The second-order valence-corrected chi connectivity index (χ2v) is 9.30. The van der Waals surface area contributed by atoms with Crippen molar-refractivity contribution < 1.29 is 31.3 Å². The van der Waals surface area contributed by atoms with E-state index in [0.717, 1.165) is 30.4 Å². The summed E-state index contributed by atoms with van der Waals surface area (Å²) in [6, 6.07) is 4.08. The molecule has 1 N–H and O–H groups in total. The van der Waals surface area contributed by atoms with Crippen LogP contribution in [0.15, 0.2) is 52.5 Å².